The standard InChI is InChI=1S/C23H20N2/c1-3-9-18(10-4-1)17-24-23(20-12-5-2-6-13-20)22-16-15-19-11-7-8-14-21(19)25-22/h1-16,23-24H,17H2. The highest BCUT2D eigenvalue weighted by atomic mass is 14.9. The number of fused-ring (bicyclic) bond motifs is 1. The molecule has 1 unspecified atom stereocenters. The molecule has 2 heteroatoms. The van der Waals surface area contributed by atoms with Crippen molar-refractivity contribution in [2.24, 2.45) is 0 Å². The molecule has 3 aromatic carbocycles. The molecule has 1 aromatic heterocycles. The van der Waals surface area contributed by atoms with E-state index in [1.54, 1.807) is 0 Å². The zero-order valence-electron chi connectivity index (χ0n) is 14.0. The summed E-state index contributed by atoms with van der Waals surface area (Å²) in [6.45, 7) is 0.801. The topological polar surface area (TPSA) is 24.9 Å². The normalized spacial score (nSPS) is 12.2. The summed E-state index contributed by atoms with van der Waals surface area (Å²) >= 11 is 0. The van der Waals surface area contributed by atoms with Gasteiger partial charge in [0.2, 0.25) is 0 Å². The van der Waals surface area contributed by atoms with Gasteiger partial charge in [-0.2, -0.15) is 0 Å². The Bertz CT molecular complexity index is 949. The summed E-state index contributed by atoms with van der Waals surface area (Å²) in [7, 11) is 0. The molecule has 4 rings (SSSR count). The predicted molar refractivity (Wildman–Crippen MR) is 103 cm³/mol. The van der Waals surface area contributed by atoms with Gasteiger partial charge < -0.3 is 5.32 Å². The average molecular weight is 324 g/mol. The highest BCUT2D eigenvalue weighted by Crippen LogP contribution is 2.23. The first-order valence-electron chi connectivity index (χ1n) is 8.58. The van der Waals surface area contributed by atoms with Crippen molar-refractivity contribution in [2.75, 3.05) is 0 Å². The molecule has 0 saturated carbocycles. The second kappa shape index (κ2) is 7.29. The maximum Gasteiger partial charge on any atom is 0.0754 e. The minimum atomic E-state index is 0.0611. The SMILES string of the molecule is c1ccc(CNC(c2ccccc2)c2ccc3ccccc3n2)cc1. The fourth-order valence-corrected chi connectivity index (χ4v) is 3.10. The Kier molecular flexibility index (Phi) is 4.53. The minimum Gasteiger partial charge on any atom is -0.301 e. The lowest BCUT2D eigenvalue weighted by atomic mass is 10.0. The largest absolute Gasteiger partial charge is 0.301 e. The predicted octanol–water partition coefficient (Wildman–Crippen LogP) is 5.11. The summed E-state index contributed by atoms with van der Waals surface area (Å²) in [6.07, 6.45) is 0. The lowest BCUT2D eigenvalue weighted by molar-refractivity contribution is 0.593. The zero-order valence-corrected chi connectivity index (χ0v) is 14.0. The Hall–Kier alpha value is -2.97. The summed E-state index contributed by atoms with van der Waals surface area (Å²) in [5.74, 6) is 0. The molecule has 0 saturated heterocycles. The summed E-state index contributed by atoms with van der Waals surface area (Å²) in [6, 6.07) is 33.6. The number of rotatable bonds is 5. The third-order valence-corrected chi connectivity index (χ3v) is 4.40. The molecule has 1 N–H and O–H groups in total. The van der Waals surface area contributed by atoms with Gasteiger partial charge in [-0.1, -0.05) is 84.9 Å². The monoisotopic (exact) mass is 324 g/mol. The van der Waals surface area contributed by atoms with E-state index in [0.29, 0.717) is 0 Å². The summed E-state index contributed by atoms with van der Waals surface area (Å²) < 4.78 is 0. The van der Waals surface area contributed by atoms with Gasteiger partial charge in [0.05, 0.1) is 17.3 Å². The van der Waals surface area contributed by atoms with E-state index in [1.165, 1.54) is 16.5 Å². The van der Waals surface area contributed by atoms with Crippen LogP contribution in [-0.2, 0) is 6.54 Å². The van der Waals surface area contributed by atoms with E-state index in [1.807, 2.05) is 24.3 Å². The van der Waals surface area contributed by atoms with Crippen LogP contribution in [0.3, 0.4) is 0 Å². The van der Waals surface area contributed by atoms with Crippen LogP contribution in [0.1, 0.15) is 22.9 Å². The Balaban J connectivity index is 1.68. The molecule has 122 valence electrons. The van der Waals surface area contributed by atoms with Gasteiger partial charge in [0, 0.05) is 11.9 Å². The number of nitrogens with zero attached hydrogens (tertiary/aromatic N) is 1. The molecule has 4 aromatic rings. The van der Waals surface area contributed by atoms with E-state index in [2.05, 4.69) is 78.1 Å². The molecule has 0 aliphatic heterocycles. The third-order valence-electron chi connectivity index (χ3n) is 4.40. The van der Waals surface area contributed by atoms with E-state index in [4.69, 9.17) is 4.98 Å². The van der Waals surface area contributed by atoms with Crippen LogP contribution < -0.4 is 5.32 Å². The second-order valence-electron chi connectivity index (χ2n) is 6.14. The van der Waals surface area contributed by atoms with Crippen LogP contribution >= 0.6 is 0 Å². The van der Waals surface area contributed by atoms with Crippen LogP contribution in [0.4, 0.5) is 0 Å². The molecule has 0 bridgehead atoms. The zero-order chi connectivity index (χ0) is 16.9. The first kappa shape index (κ1) is 15.6. The smallest absolute Gasteiger partial charge is 0.0754 e. The van der Waals surface area contributed by atoms with Crippen molar-refractivity contribution in [3.8, 4) is 0 Å². The number of benzene rings is 3. The number of nitrogens with one attached hydrogen (secondary N) is 1. The van der Waals surface area contributed by atoms with Gasteiger partial charge in [0.1, 0.15) is 0 Å². The molecule has 1 heterocycles. The molecule has 0 spiro atoms. The van der Waals surface area contributed by atoms with Crippen molar-refractivity contribution >= 4 is 10.9 Å². The Labute approximate surface area is 148 Å². The minimum absolute atomic E-state index is 0.0611. The van der Waals surface area contributed by atoms with Crippen molar-refractivity contribution in [3.05, 3.63) is 114 Å². The molecule has 0 aliphatic carbocycles. The van der Waals surface area contributed by atoms with Gasteiger partial charge >= 0.3 is 0 Å². The van der Waals surface area contributed by atoms with Gasteiger partial charge in [-0.15, -0.1) is 0 Å². The quantitative estimate of drug-likeness (QED) is 0.551. The van der Waals surface area contributed by atoms with Crippen LogP contribution in [0.25, 0.3) is 10.9 Å². The number of hydrogen-bond acceptors (Lipinski definition) is 2. The van der Waals surface area contributed by atoms with Crippen molar-refractivity contribution in [3.63, 3.8) is 0 Å². The summed E-state index contributed by atoms with van der Waals surface area (Å²) in [5, 5.41) is 4.84. The molecule has 0 fully saturated rings. The molecule has 0 aliphatic rings. The van der Waals surface area contributed by atoms with Crippen molar-refractivity contribution in [1.29, 1.82) is 0 Å². The highest BCUT2D eigenvalue weighted by Gasteiger charge is 2.15. The maximum absolute atomic E-state index is 4.90. The van der Waals surface area contributed by atoms with Crippen molar-refractivity contribution in [2.45, 2.75) is 12.6 Å². The molecular formula is C23H20N2. The molecule has 1 atom stereocenters. The summed E-state index contributed by atoms with van der Waals surface area (Å²) in [4.78, 5) is 4.90. The summed E-state index contributed by atoms with van der Waals surface area (Å²) in [5.41, 5.74) is 4.56. The third kappa shape index (κ3) is 3.59. The highest BCUT2D eigenvalue weighted by molar-refractivity contribution is 5.78. The molecule has 0 amide bonds. The molecule has 0 radical (unpaired) electrons. The van der Waals surface area contributed by atoms with E-state index < -0.39 is 0 Å². The number of hydrogen-bond donors (Lipinski definition) is 1. The number of para-hydroxylation sites is 1. The van der Waals surface area contributed by atoms with Crippen LogP contribution in [0.15, 0.2) is 97.1 Å². The maximum atomic E-state index is 4.90. The first-order valence-corrected chi connectivity index (χ1v) is 8.58. The van der Waals surface area contributed by atoms with Crippen LogP contribution in [0, 0.1) is 0 Å². The Morgan fingerprint density at radius 3 is 2.16 bits per heavy atom. The lowest BCUT2D eigenvalue weighted by Gasteiger charge is -2.19. The Morgan fingerprint density at radius 1 is 0.680 bits per heavy atom. The van der Waals surface area contributed by atoms with E-state index in [9.17, 15) is 0 Å². The Morgan fingerprint density at radius 2 is 1.36 bits per heavy atom. The molecular weight excluding hydrogens is 304 g/mol. The molecule has 25 heavy (non-hydrogen) atoms. The van der Waals surface area contributed by atoms with Gasteiger partial charge in [0.25, 0.3) is 0 Å². The van der Waals surface area contributed by atoms with Crippen LogP contribution in [-0.4, -0.2) is 4.98 Å². The fourth-order valence-electron chi connectivity index (χ4n) is 3.10. The van der Waals surface area contributed by atoms with Crippen molar-refractivity contribution < 1.29 is 0 Å². The van der Waals surface area contributed by atoms with E-state index in [0.717, 1.165) is 17.8 Å². The molecule has 2 nitrogen and oxygen atoms in total. The van der Waals surface area contributed by atoms with Gasteiger partial charge in [-0.3, -0.25) is 4.98 Å². The van der Waals surface area contributed by atoms with Gasteiger partial charge in [-0.05, 0) is 23.3 Å². The van der Waals surface area contributed by atoms with Gasteiger partial charge in [0.15, 0.2) is 0 Å². The second-order valence-corrected chi connectivity index (χ2v) is 6.14. The average Bonchev–Trinajstić information content (AvgIpc) is 2.70. The van der Waals surface area contributed by atoms with Crippen LogP contribution in [0.5, 0.6) is 0 Å². The van der Waals surface area contributed by atoms with Crippen LogP contribution in [0.2, 0.25) is 0 Å². The number of aromatic nitrogens is 1. The van der Waals surface area contributed by atoms with E-state index >= 15 is 0 Å². The van der Waals surface area contributed by atoms with Crippen molar-refractivity contribution in [1.82, 2.24) is 10.3 Å². The lowest BCUT2D eigenvalue weighted by Crippen LogP contribution is -2.23. The number of pyridine rings is 1. The first-order chi connectivity index (χ1) is 12.4. The fraction of sp³-hybridized carbons (Fsp3) is 0.0870. The van der Waals surface area contributed by atoms with Gasteiger partial charge in [-0.25, -0.2) is 0 Å². The van der Waals surface area contributed by atoms with E-state index in [-0.39, 0.29) is 6.04 Å².